The molecule has 5 atom stereocenters. The quantitative estimate of drug-likeness (QED) is 0.764. The topological polar surface area (TPSA) is 76.0 Å². The molecule has 1 heterocycles. The lowest BCUT2D eigenvalue weighted by Crippen LogP contribution is -2.29. The Labute approximate surface area is 142 Å². The van der Waals surface area contributed by atoms with Crippen LogP contribution in [0.4, 0.5) is 0 Å². The number of carboxylic acid groups (broad SMARTS) is 1. The molecule has 2 fully saturated rings. The number of carbonyl (C=O) groups is 1. The first-order valence-corrected chi connectivity index (χ1v) is 8.82. The van der Waals surface area contributed by atoms with Gasteiger partial charge < -0.3 is 19.7 Å². The third kappa shape index (κ3) is 4.15. The van der Waals surface area contributed by atoms with Gasteiger partial charge in [0.2, 0.25) is 0 Å². The summed E-state index contributed by atoms with van der Waals surface area (Å²) < 4.78 is 12.0. The Morgan fingerprint density at radius 1 is 1.25 bits per heavy atom. The Morgan fingerprint density at radius 3 is 2.71 bits per heavy atom. The van der Waals surface area contributed by atoms with Crippen LogP contribution in [0.1, 0.15) is 37.7 Å². The monoisotopic (exact) mass is 334 g/mol. The molecule has 132 valence electrons. The Kier molecular flexibility index (Phi) is 5.87. The van der Waals surface area contributed by atoms with Crippen molar-refractivity contribution in [3.05, 3.63) is 35.9 Å². The van der Waals surface area contributed by atoms with E-state index in [0.717, 1.165) is 19.3 Å². The fourth-order valence-electron chi connectivity index (χ4n) is 3.99. The second-order valence-corrected chi connectivity index (χ2v) is 6.91. The second kappa shape index (κ2) is 8.10. The van der Waals surface area contributed by atoms with Crippen LogP contribution in [-0.4, -0.2) is 41.1 Å². The van der Waals surface area contributed by atoms with Crippen molar-refractivity contribution in [1.29, 1.82) is 0 Å². The molecule has 1 aliphatic heterocycles. The van der Waals surface area contributed by atoms with Crippen molar-refractivity contribution in [3.63, 3.8) is 0 Å². The molecule has 2 aliphatic rings. The number of ether oxygens (including phenoxy) is 2. The van der Waals surface area contributed by atoms with E-state index in [4.69, 9.17) is 14.6 Å². The van der Waals surface area contributed by atoms with Crippen LogP contribution in [0, 0.1) is 11.8 Å². The zero-order chi connectivity index (χ0) is 16.9. The van der Waals surface area contributed by atoms with Crippen molar-refractivity contribution in [2.24, 2.45) is 11.8 Å². The number of aliphatic hydroxyl groups is 1. The number of aliphatic carboxylic acids is 1. The van der Waals surface area contributed by atoms with Crippen LogP contribution in [0.3, 0.4) is 0 Å². The van der Waals surface area contributed by atoms with Gasteiger partial charge in [-0.1, -0.05) is 30.3 Å². The summed E-state index contributed by atoms with van der Waals surface area (Å²) in [5.41, 5.74) is 1.17. The molecule has 1 aliphatic carbocycles. The largest absolute Gasteiger partial charge is 0.481 e. The van der Waals surface area contributed by atoms with Crippen LogP contribution in [0.25, 0.3) is 0 Å². The van der Waals surface area contributed by atoms with E-state index in [1.165, 1.54) is 5.56 Å². The molecule has 0 bridgehead atoms. The molecule has 5 nitrogen and oxygen atoms in total. The molecule has 0 aromatic heterocycles. The average molecular weight is 334 g/mol. The number of hydrogen-bond donors (Lipinski definition) is 2. The summed E-state index contributed by atoms with van der Waals surface area (Å²) in [4.78, 5) is 11.4. The normalized spacial score (nSPS) is 30.2. The molecule has 3 rings (SSSR count). The van der Waals surface area contributed by atoms with Crippen LogP contribution in [-0.2, 0) is 20.9 Å². The van der Waals surface area contributed by atoms with Gasteiger partial charge in [-0.2, -0.15) is 0 Å². The Bertz CT molecular complexity index is 518. The smallest absolute Gasteiger partial charge is 0.309 e. The van der Waals surface area contributed by atoms with Crippen molar-refractivity contribution in [2.75, 3.05) is 6.61 Å². The van der Waals surface area contributed by atoms with Crippen molar-refractivity contribution in [2.45, 2.75) is 57.0 Å². The molecular formula is C19H26O5. The maximum atomic E-state index is 11.4. The lowest BCUT2D eigenvalue weighted by Gasteiger charge is -2.21. The molecule has 5 heteroatoms. The van der Waals surface area contributed by atoms with Crippen molar-refractivity contribution >= 4 is 5.97 Å². The Balaban J connectivity index is 1.47. The predicted molar refractivity (Wildman–Crippen MR) is 88.5 cm³/mol. The van der Waals surface area contributed by atoms with Gasteiger partial charge in [0.1, 0.15) is 0 Å². The van der Waals surface area contributed by atoms with Crippen LogP contribution in [0.15, 0.2) is 30.3 Å². The van der Waals surface area contributed by atoms with Crippen LogP contribution in [0.2, 0.25) is 0 Å². The van der Waals surface area contributed by atoms with Gasteiger partial charge in [-0.05, 0) is 37.2 Å². The van der Waals surface area contributed by atoms with E-state index in [0.29, 0.717) is 25.4 Å². The van der Waals surface area contributed by atoms with Gasteiger partial charge in [0.05, 0.1) is 30.8 Å². The van der Waals surface area contributed by atoms with Gasteiger partial charge in [0.15, 0.2) is 0 Å². The first kappa shape index (κ1) is 17.4. The number of carboxylic acids is 1. The van der Waals surface area contributed by atoms with E-state index in [-0.39, 0.29) is 24.9 Å². The molecular weight excluding hydrogens is 308 g/mol. The third-order valence-corrected chi connectivity index (χ3v) is 5.24. The van der Waals surface area contributed by atoms with Gasteiger partial charge in [-0.3, -0.25) is 4.79 Å². The molecule has 0 amide bonds. The van der Waals surface area contributed by atoms with Gasteiger partial charge in [0, 0.05) is 13.0 Å². The molecule has 1 saturated heterocycles. The average Bonchev–Trinajstić information content (AvgIpc) is 3.12. The van der Waals surface area contributed by atoms with Gasteiger partial charge in [-0.25, -0.2) is 0 Å². The van der Waals surface area contributed by atoms with E-state index in [1.807, 2.05) is 18.2 Å². The molecule has 0 spiro atoms. The maximum Gasteiger partial charge on any atom is 0.309 e. The highest BCUT2D eigenvalue weighted by atomic mass is 16.5. The summed E-state index contributed by atoms with van der Waals surface area (Å²) in [7, 11) is 0. The van der Waals surface area contributed by atoms with Crippen molar-refractivity contribution in [1.82, 2.24) is 0 Å². The number of rotatable bonds is 8. The highest BCUT2D eigenvalue weighted by molar-refractivity contribution is 5.70. The molecule has 1 aromatic carbocycles. The molecule has 0 radical (unpaired) electrons. The SMILES string of the molecule is O=C(O)C(CCCO)C1C[C@H]2C[C@@H](OCc3ccccc3)C[C@H]2O1. The summed E-state index contributed by atoms with van der Waals surface area (Å²) in [5, 5.41) is 18.3. The summed E-state index contributed by atoms with van der Waals surface area (Å²) >= 11 is 0. The summed E-state index contributed by atoms with van der Waals surface area (Å²) in [6.45, 7) is 0.640. The molecule has 24 heavy (non-hydrogen) atoms. The minimum absolute atomic E-state index is 0.0265. The molecule has 2 N–H and O–H groups in total. The number of benzene rings is 1. The zero-order valence-corrected chi connectivity index (χ0v) is 13.8. The summed E-state index contributed by atoms with van der Waals surface area (Å²) in [5.74, 6) is -0.927. The fourth-order valence-corrected chi connectivity index (χ4v) is 3.99. The molecule has 2 unspecified atom stereocenters. The third-order valence-electron chi connectivity index (χ3n) is 5.24. The van der Waals surface area contributed by atoms with Crippen LogP contribution in [0.5, 0.6) is 0 Å². The van der Waals surface area contributed by atoms with Gasteiger partial charge in [0.25, 0.3) is 0 Å². The standard InChI is InChI=1S/C19H26O5/c20-8-4-7-16(19(21)22)18-10-14-9-15(11-17(14)24-18)23-12-13-5-2-1-3-6-13/h1-3,5-6,14-18,20H,4,7-12H2,(H,21,22)/t14-,15-,16?,17-,18?/m1/s1. The molecule has 1 saturated carbocycles. The minimum Gasteiger partial charge on any atom is -0.481 e. The summed E-state index contributed by atoms with van der Waals surface area (Å²) in [6.07, 6.45) is 3.66. The minimum atomic E-state index is -0.815. The first-order chi connectivity index (χ1) is 11.7. The van der Waals surface area contributed by atoms with Gasteiger partial charge >= 0.3 is 5.97 Å². The Hall–Kier alpha value is -1.43. The van der Waals surface area contributed by atoms with E-state index < -0.39 is 11.9 Å². The fraction of sp³-hybridized carbons (Fsp3) is 0.632. The van der Waals surface area contributed by atoms with Gasteiger partial charge in [-0.15, -0.1) is 0 Å². The Morgan fingerprint density at radius 2 is 2.04 bits per heavy atom. The van der Waals surface area contributed by atoms with Crippen molar-refractivity contribution < 1.29 is 24.5 Å². The zero-order valence-electron chi connectivity index (χ0n) is 13.8. The second-order valence-electron chi connectivity index (χ2n) is 6.91. The first-order valence-electron chi connectivity index (χ1n) is 8.82. The van der Waals surface area contributed by atoms with Crippen LogP contribution < -0.4 is 0 Å². The highest BCUT2D eigenvalue weighted by Gasteiger charge is 2.46. The summed E-state index contributed by atoms with van der Waals surface area (Å²) in [6, 6.07) is 10.1. The number of fused-ring (bicyclic) bond motifs is 1. The van der Waals surface area contributed by atoms with E-state index in [9.17, 15) is 9.90 Å². The van der Waals surface area contributed by atoms with E-state index in [2.05, 4.69) is 12.1 Å². The van der Waals surface area contributed by atoms with E-state index >= 15 is 0 Å². The number of aliphatic hydroxyl groups excluding tert-OH is 1. The highest BCUT2D eigenvalue weighted by Crippen LogP contribution is 2.43. The lowest BCUT2D eigenvalue weighted by molar-refractivity contribution is -0.147. The van der Waals surface area contributed by atoms with Crippen molar-refractivity contribution in [3.8, 4) is 0 Å². The predicted octanol–water partition coefficient (Wildman–Crippen LogP) is 2.61. The number of hydrogen-bond acceptors (Lipinski definition) is 4. The van der Waals surface area contributed by atoms with E-state index in [1.54, 1.807) is 0 Å². The van der Waals surface area contributed by atoms with Crippen LogP contribution >= 0.6 is 0 Å². The molecule has 1 aromatic rings. The maximum absolute atomic E-state index is 11.4. The lowest BCUT2D eigenvalue weighted by atomic mass is 9.91.